The molecule has 0 aliphatic rings. The Kier molecular flexibility index (Phi) is 4.62. The summed E-state index contributed by atoms with van der Waals surface area (Å²) in [7, 11) is 0. The van der Waals surface area contributed by atoms with E-state index in [2.05, 4.69) is 53.9 Å². The summed E-state index contributed by atoms with van der Waals surface area (Å²) < 4.78 is 0.902. The predicted octanol–water partition coefficient (Wildman–Crippen LogP) is 4.59. The summed E-state index contributed by atoms with van der Waals surface area (Å²) in [5, 5.41) is 3.98. The molecule has 0 bridgehead atoms. The molecule has 1 aromatic rings. The van der Waals surface area contributed by atoms with Gasteiger partial charge in [-0.1, -0.05) is 39.3 Å². The van der Waals surface area contributed by atoms with Crippen LogP contribution in [0.1, 0.15) is 27.7 Å². The maximum atomic E-state index is 5.84. The first-order valence-corrected chi connectivity index (χ1v) is 6.55. The van der Waals surface area contributed by atoms with E-state index in [4.69, 9.17) is 11.6 Å². The summed E-state index contributed by atoms with van der Waals surface area (Å²) in [6, 6.07) is 1.85. The Hall–Kier alpha value is -0.280. The average molecular weight is 306 g/mol. The van der Waals surface area contributed by atoms with Gasteiger partial charge in [-0.25, -0.2) is 4.98 Å². The quantitative estimate of drug-likeness (QED) is 0.880. The first-order chi connectivity index (χ1) is 7.33. The molecule has 0 atom stereocenters. The van der Waals surface area contributed by atoms with Gasteiger partial charge in [0.1, 0.15) is 5.82 Å². The third-order valence-electron chi connectivity index (χ3n) is 3.08. The van der Waals surface area contributed by atoms with Crippen LogP contribution in [-0.2, 0) is 0 Å². The van der Waals surface area contributed by atoms with Crippen molar-refractivity contribution in [2.24, 2.45) is 11.3 Å². The van der Waals surface area contributed by atoms with Gasteiger partial charge in [0.25, 0.3) is 0 Å². The summed E-state index contributed by atoms with van der Waals surface area (Å²) in [4.78, 5) is 4.25. The number of nitrogens with zero attached hydrogens (tertiary/aromatic N) is 1. The van der Waals surface area contributed by atoms with E-state index < -0.39 is 0 Å². The van der Waals surface area contributed by atoms with Gasteiger partial charge in [0.05, 0.1) is 9.50 Å². The Morgan fingerprint density at radius 3 is 2.62 bits per heavy atom. The molecule has 0 radical (unpaired) electrons. The molecule has 0 aliphatic heterocycles. The number of aromatic nitrogens is 1. The summed E-state index contributed by atoms with van der Waals surface area (Å²) >= 11 is 9.28. The maximum absolute atomic E-state index is 5.84. The highest BCUT2D eigenvalue weighted by Crippen LogP contribution is 2.28. The molecule has 0 amide bonds. The minimum Gasteiger partial charge on any atom is -0.369 e. The summed E-state index contributed by atoms with van der Waals surface area (Å²) in [5.74, 6) is 1.46. The molecule has 4 heteroatoms. The zero-order chi connectivity index (χ0) is 12.3. The van der Waals surface area contributed by atoms with Crippen molar-refractivity contribution in [1.29, 1.82) is 0 Å². The van der Waals surface area contributed by atoms with Crippen molar-refractivity contribution in [3.63, 3.8) is 0 Å². The van der Waals surface area contributed by atoms with Gasteiger partial charge >= 0.3 is 0 Å². The molecular formula is C12H18BrClN2. The molecule has 1 heterocycles. The number of nitrogens with one attached hydrogen (secondary N) is 1. The van der Waals surface area contributed by atoms with Crippen molar-refractivity contribution in [1.82, 2.24) is 4.98 Å². The van der Waals surface area contributed by atoms with Gasteiger partial charge in [0.15, 0.2) is 0 Å². The molecule has 0 aliphatic carbocycles. The second-order valence-electron chi connectivity index (χ2n) is 4.98. The normalized spacial score (nSPS) is 11.9. The van der Waals surface area contributed by atoms with Crippen molar-refractivity contribution >= 4 is 33.3 Å². The fourth-order valence-electron chi connectivity index (χ4n) is 1.06. The predicted molar refractivity (Wildman–Crippen MR) is 74.1 cm³/mol. The molecular weight excluding hydrogens is 288 g/mol. The van der Waals surface area contributed by atoms with Crippen LogP contribution in [-0.4, -0.2) is 11.5 Å². The number of anilines is 1. The van der Waals surface area contributed by atoms with E-state index >= 15 is 0 Å². The third-order valence-corrected chi connectivity index (χ3v) is 3.89. The minimum absolute atomic E-state index is 0.237. The van der Waals surface area contributed by atoms with E-state index in [0.29, 0.717) is 10.9 Å². The summed E-state index contributed by atoms with van der Waals surface area (Å²) in [6.07, 6.45) is 1.65. The SMILES string of the molecule is CC(C)C(C)(C)CNc1ncc(Cl)cc1Br. The van der Waals surface area contributed by atoms with E-state index in [0.717, 1.165) is 16.8 Å². The highest BCUT2D eigenvalue weighted by molar-refractivity contribution is 9.10. The molecule has 90 valence electrons. The molecule has 0 unspecified atom stereocenters. The van der Waals surface area contributed by atoms with Crippen molar-refractivity contribution in [3.8, 4) is 0 Å². The molecule has 0 saturated carbocycles. The van der Waals surface area contributed by atoms with E-state index in [-0.39, 0.29) is 5.41 Å². The van der Waals surface area contributed by atoms with Gasteiger partial charge in [0.2, 0.25) is 0 Å². The lowest BCUT2D eigenvalue weighted by Crippen LogP contribution is -2.28. The molecule has 1 rings (SSSR count). The van der Waals surface area contributed by atoms with E-state index in [1.807, 2.05) is 6.07 Å². The zero-order valence-corrected chi connectivity index (χ0v) is 12.5. The van der Waals surface area contributed by atoms with Gasteiger partial charge in [0, 0.05) is 12.7 Å². The number of hydrogen-bond donors (Lipinski definition) is 1. The molecule has 2 nitrogen and oxygen atoms in total. The van der Waals surface area contributed by atoms with E-state index in [1.165, 1.54) is 0 Å². The van der Waals surface area contributed by atoms with Crippen LogP contribution in [0.5, 0.6) is 0 Å². The highest BCUT2D eigenvalue weighted by atomic mass is 79.9. The van der Waals surface area contributed by atoms with Gasteiger partial charge < -0.3 is 5.32 Å². The Morgan fingerprint density at radius 1 is 1.50 bits per heavy atom. The number of halogens is 2. The average Bonchev–Trinajstić information content (AvgIpc) is 2.16. The number of rotatable bonds is 4. The Balaban J connectivity index is 2.68. The van der Waals surface area contributed by atoms with Crippen LogP contribution in [0.2, 0.25) is 5.02 Å². The molecule has 1 aromatic heterocycles. The second-order valence-corrected chi connectivity index (χ2v) is 6.27. The Labute approximate surface area is 111 Å². The molecule has 0 fully saturated rings. The van der Waals surface area contributed by atoms with Gasteiger partial charge in [-0.05, 0) is 33.3 Å². The van der Waals surface area contributed by atoms with Crippen LogP contribution >= 0.6 is 27.5 Å². The van der Waals surface area contributed by atoms with E-state index in [9.17, 15) is 0 Å². The second kappa shape index (κ2) is 5.37. The highest BCUT2D eigenvalue weighted by Gasteiger charge is 2.22. The largest absolute Gasteiger partial charge is 0.369 e. The van der Waals surface area contributed by atoms with Gasteiger partial charge in [-0.15, -0.1) is 0 Å². The van der Waals surface area contributed by atoms with Crippen molar-refractivity contribution in [3.05, 3.63) is 21.8 Å². The van der Waals surface area contributed by atoms with Crippen LogP contribution in [0, 0.1) is 11.3 Å². The fourth-order valence-corrected chi connectivity index (χ4v) is 1.84. The maximum Gasteiger partial charge on any atom is 0.140 e. The topological polar surface area (TPSA) is 24.9 Å². The van der Waals surface area contributed by atoms with Crippen molar-refractivity contribution < 1.29 is 0 Å². The number of hydrogen-bond acceptors (Lipinski definition) is 2. The van der Waals surface area contributed by atoms with Crippen LogP contribution < -0.4 is 5.32 Å². The molecule has 1 N–H and O–H groups in total. The van der Waals surface area contributed by atoms with Gasteiger partial charge in [-0.3, -0.25) is 0 Å². The van der Waals surface area contributed by atoms with Crippen LogP contribution in [0.3, 0.4) is 0 Å². The third kappa shape index (κ3) is 3.63. The molecule has 16 heavy (non-hydrogen) atoms. The molecule has 0 aromatic carbocycles. The Morgan fingerprint density at radius 2 is 2.12 bits per heavy atom. The van der Waals surface area contributed by atoms with Crippen LogP contribution in [0.4, 0.5) is 5.82 Å². The standard InChI is InChI=1S/C12H18BrClN2/c1-8(2)12(3,4)7-16-11-10(13)5-9(14)6-15-11/h5-6,8H,7H2,1-4H3,(H,15,16). The molecule has 0 saturated heterocycles. The minimum atomic E-state index is 0.237. The lowest BCUT2D eigenvalue weighted by atomic mass is 9.81. The van der Waals surface area contributed by atoms with E-state index in [1.54, 1.807) is 6.20 Å². The summed E-state index contributed by atoms with van der Waals surface area (Å²) in [5.41, 5.74) is 0.237. The summed E-state index contributed by atoms with van der Waals surface area (Å²) in [6.45, 7) is 9.83. The van der Waals surface area contributed by atoms with Crippen LogP contribution in [0.15, 0.2) is 16.7 Å². The monoisotopic (exact) mass is 304 g/mol. The lowest BCUT2D eigenvalue weighted by Gasteiger charge is -2.29. The first kappa shape index (κ1) is 13.8. The first-order valence-electron chi connectivity index (χ1n) is 5.38. The zero-order valence-electron chi connectivity index (χ0n) is 10.1. The lowest BCUT2D eigenvalue weighted by molar-refractivity contribution is 0.269. The molecule has 0 spiro atoms. The van der Waals surface area contributed by atoms with Gasteiger partial charge in [-0.2, -0.15) is 0 Å². The fraction of sp³-hybridized carbons (Fsp3) is 0.583. The number of pyridine rings is 1. The van der Waals surface area contributed by atoms with Crippen molar-refractivity contribution in [2.75, 3.05) is 11.9 Å². The smallest absolute Gasteiger partial charge is 0.140 e. The Bertz CT molecular complexity index is 364. The van der Waals surface area contributed by atoms with Crippen molar-refractivity contribution in [2.45, 2.75) is 27.7 Å². The van der Waals surface area contributed by atoms with Crippen LogP contribution in [0.25, 0.3) is 0 Å².